The molecule has 0 saturated heterocycles. The molecular formula is C18H18N6O4S. The zero-order chi connectivity index (χ0) is 21.0. The molecule has 3 rings (SSSR count). The highest BCUT2D eigenvalue weighted by Gasteiger charge is 2.16. The van der Waals surface area contributed by atoms with Crippen molar-refractivity contribution in [3.8, 4) is 0 Å². The second kappa shape index (κ2) is 8.19. The molecule has 2 heterocycles. The maximum absolute atomic E-state index is 12.4. The molecule has 0 aliphatic carbocycles. The molecule has 29 heavy (non-hydrogen) atoms. The second-order valence-electron chi connectivity index (χ2n) is 5.98. The molecule has 0 unspecified atom stereocenters. The summed E-state index contributed by atoms with van der Waals surface area (Å²) >= 11 is 0. The van der Waals surface area contributed by atoms with Crippen LogP contribution in [0.15, 0.2) is 58.4 Å². The molecule has 0 saturated carbocycles. The molecule has 150 valence electrons. The normalized spacial score (nSPS) is 11.1. The highest BCUT2D eigenvalue weighted by molar-refractivity contribution is 7.92. The number of carbonyl (C=O) groups excluding carboxylic acids is 1. The topological polar surface area (TPSA) is 136 Å². The highest BCUT2D eigenvalue weighted by Crippen LogP contribution is 2.17. The van der Waals surface area contributed by atoms with Crippen LogP contribution in [0.5, 0.6) is 0 Å². The molecule has 0 spiro atoms. The van der Waals surface area contributed by atoms with E-state index in [-0.39, 0.29) is 22.1 Å². The minimum Gasteiger partial charge on any atom is -0.321 e. The van der Waals surface area contributed by atoms with E-state index < -0.39 is 15.9 Å². The largest absolute Gasteiger partial charge is 0.321 e. The van der Waals surface area contributed by atoms with Gasteiger partial charge in [-0.05, 0) is 50.2 Å². The summed E-state index contributed by atoms with van der Waals surface area (Å²) in [6.45, 7) is 3.80. The molecule has 0 aliphatic heterocycles. The lowest BCUT2D eigenvalue weighted by Crippen LogP contribution is -2.25. The maximum Gasteiger partial charge on any atom is 0.276 e. The molecular weight excluding hydrogens is 396 g/mol. The molecule has 11 heteroatoms. The van der Waals surface area contributed by atoms with Crippen molar-refractivity contribution in [3.63, 3.8) is 0 Å². The number of carbonyl (C=O) groups is 1. The van der Waals surface area contributed by atoms with Crippen molar-refractivity contribution in [1.82, 2.24) is 19.7 Å². The zero-order valence-corrected chi connectivity index (χ0v) is 16.5. The van der Waals surface area contributed by atoms with Crippen LogP contribution < -0.4 is 15.6 Å². The molecule has 2 N–H and O–H groups in total. The van der Waals surface area contributed by atoms with Gasteiger partial charge in [0.2, 0.25) is 5.95 Å². The Labute approximate surface area is 166 Å². The van der Waals surface area contributed by atoms with Gasteiger partial charge >= 0.3 is 0 Å². The molecule has 2 aromatic heterocycles. The van der Waals surface area contributed by atoms with Crippen LogP contribution in [-0.2, 0) is 16.6 Å². The molecule has 1 aromatic carbocycles. The lowest BCUT2D eigenvalue weighted by atomic mass is 10.3. The van der Waals surface area contributed by atoms with Gasteiger partial charge in [-0.25, -0.2) is 27.8 Å². The first-order valence-corrected chi connectivity index (χ1v) is 10.1. The van der Waals surface area contributed by atoms with E-state index in [2.05, 4.69) is 25.1 Å². The van der Waals surface area contributed by atoms with Crippen molar-refractivity contribution < 1.29 is 13.2 Å². The Kier molecular flexibility index (Phi) is 5.69. The van der Waals surface area contributed by atoms with Gasteiger partial charge in [-0.1, -0.05) is 0 Å². The number of rotatable bonds is 6. The molecule has 0 atom stereocenters. The minimum absolute atomic E-state index is 0.0155. The summed E-state index contributed by atoms with van der Waals surface area (Å²) in [5, 5.41) is 6.58. The van der Waals surface area contributed by atoms with Crippen molar-refractivity contribution in [2.24, 2.45) is 0 Å². The first-order chi connectivity index (χ1) is 13.8. The van der Waals surface area contributed by atoms with E-state index >= 15 is 0 Å². The van der Waals surface area contributed by atoms with Gasteiger partial charge < -0.3 is 5.32 Å². The number of nitrogens with zero attached hydrogens (tertiary/aromatic N) is 4. The van der Waals surface area contributed by atoms with Crippen LogP contribution >= 0.6 is 0 Å². The Hall–Kier alpha value is -3.60. The highest BCUT2D eigenvalue weighted by atomic mass is 32.2. The molecule has 0 fully saturated rings. The predicted octanol–water partition coefficient (Wildman–Crippen LogP) is 1.41. The summed E-state index contributed by atoms with van der Waals surface area (Å²) in [7, 11) is -3.88. The Morgan fingerprint density at radius 1 is 1.10 bits per heavy atom. The van der Waals surface area contributed by atoms with Gasteiger partial charge in [0.15, 0.2) is 0 Å². The average Bonchev–Trinajstić information content (AvgIpc) is 2.68. The van der Waals surface area contributed by atoms with Crippen LogP contribution in [0.2, 0.25) is 0 Å². The number of aryl methyl sites for hydroxylation is 2. The van der Waals surface area contributed by atoms with Crippen LogP contribution in [0.4, 0.5) is 11.6 Å². The van der Waals surface area contributed by atoms with Gasteiger partial charge in [-0.2, -0.15) is 5.10 Å². The van der Waals surface area contributed by atoms with Crippen LogP contribution in [0.3, 0.4) is 0 Å². The van der Waals surface area contributed by atoms with Gasteiger partial charge in [-0.15, -0.1) is 0 Å². The van der Waals surface area contributed by atoms with Crippen molar-refractivity contribution >= 4 is 27.6 Å². The SMILES string of the molecule is CCn1nc(C(=O)Nc2ccc(S(=O)(=O)Nc3nccc(C)n3)cc2)ccc1=O. The van der Waals surface area contributed by atoms with E-state index in [1.165, 1.54) is 47.3 Å². The van der Waals surface area contributed by atoms with E-state index in [1.807, 2.05) is 0 Å². The van der Waals surface area contributed by atoms with Crippen LogP contribution in [0.1, 0.15) is 23.1 Å². The third-order valence-electron chi connectivity index (χ3n) is 3.84. The fraction of sp³-hybridized carbons (Fsp3) is 0.167. The van der Waals surface area contributed by atoms with E-state index in [9.17, 15) is 18.0 Å². The number of hydrogen-bond acceptors (Lipinski definition) is 7. The third kappa shape index (κ3) is 4.82. The van der Waals surface area contributed by atoms with Gasteiger partial charge in [0.1, 0.15) is 5.69 Å². The standard InChI is InChI=1S/C18H18N6O4S/c1-3-24-16(25)9-8-15(22-24)17(26)21-13-4-6-14(7-5-13)29(27,28)23-18-19-11-10-12(2)20-18/h4-11H,3H2,1-2H3,(H,21,26)(H,19,20,23). The van der Waals surface area contributed by atoms with E-state index in [1.54, 1.807) is 19.9 Å². The van der Waals surface area contributed by atoms with Crippen molar-refractivity contribution in [3.05, 3.63) is 70.4 Å². The second-order valence-corrected chi connectivity index (χ2v) is 7.66. The minimum atomic E-state index is -3.88. The predicted molar refractivity (Wildman–Crippen MR) is 106 cm³/mol. The third-order valence-corrected chi connectivity index (χ3v) is 5.19. The van der Waals surface area contributed by atoms with Gasteiger partial charge in [0.05, 0.1) is 4.90 Å². The van der Waals surface area contributed by atoms with E-state index in [0.717, 1.165) is 0 Å². The Bertz CT molecular complexity index is 1210. The van der Waals surface area contributed by atoms with E-state index in [4.69, 9.17) is 0 Å². The number of anilines is 2. The maximum atomic E-state index is 12.4. The lowest BCUT2D eigenvalue weighted by molar-refractivity contribution is 0.102. The van der Waals surface area contributed by atoms with Crippen molar-refractivity contribution in [2.45, 2.75) is 25.3 Å². The van der Waals surface area contributed by atoms with Crippen LogP contribution in [0, 0.1) is 6.92 Å². The average molecular weight is 414 g/mol. The molecule has 0 radical (unpaired) electrons. The van der Waals surface area contributed by atoms with Gasteiger partial charge in [-0.3, -0.25) is 9.59 Å². The summed E-state index contributed by atoms with van der Waals surface area (Å²) in [5.41, 5.74) is 0.765. The summed E-state index contributed by atoms with van der Waals surface area (Å²) in [5.74, 6) is -0.548. The number of hydrogen-bond donors (Lipinski definition) is 2. The first-order valence-electron chi connectivity index (χ1n) is 8.60. The first kappa shape index (κ1) is 20.1. The fourth-order valence-corrected chi connectivity index (χ4v) is 3.34. The monoisotopic (exact) mass is 414 g/mol. The number of sulfonamides is 1. The molecule has 0 bridgehead atoms. The Morgan fingerprint density at radius 2 is 1.83 bits per heavy atom. The Morgan fingerprint density at radius 3 is 2.48 bits per heavy atom. The van der Waals surface area contributed by atoms with Crippen LogP contribution in [0.25, 0.3) is 0 Å². The number of nitrogens with one attached hydrogen (secondary N) is 2. The summed E-state index contributed by atoms with van der Waals surface area (Å²) in [6, 6.07) is 9.81. The number of amides is 1. The van der Waals surface area contributed by atoms with Gasteiger partial charge in [0.25, 0.3) is 21.5 Å². The number of benzene rings is 1. The van der Waals surface area contributed by atoms with Crippen LogP contribution in [-0.4, -0.2) is 34.1 Å². The lowest BCUT2D eigenvalue weighted by Gasteiger charge is -2.09. The molecule has 1 amide bonds. The van der Waals surface area contributed by atoms with Crippen molar-refractivity contribution in [2.75, 3.05) is 10.0 Å². The summed E-state index contributed by atoms with van der Waals surface area (Å²) in [6.07, 6.45) is 1.45. The summed E-state index contributed by atoms with van der Waals surface area (Å²) < 4.78 is 28.4. The molecule has 10 nitrogen and oxygen atoms in total. The number of aromatic nitrogens is 4. The fourth-order valence-electron chi connectivity index (χ4n) is 2.39. The van der Waals surface area contributed by atoms with Crippen molar-refractivity contribution in [1.29, 1.82) is 0 Å². The van der Waals surface area contributed by atoms with Gasteiger partial charge in [0, 0.05) is 30.2 Å². The molecule has 3 aromatic rings. The summed E-state index contributed by atoms with van der Waals surface area (Å²) in [4.78, 5) is 31.7. The van der Waals surface area contributed by atoms with E-state index in [0.29, 0.717) is 17.9 Å². The molecule has 0 aliphatic rings. The zero-order valence-electron chi connectivity index (χ0n) is 15.7. The Balaban J connectivity index is 1.74. The smallest absolute Gasteiger partial charge is 0.276 e. The quantitative estimate of drug-likeness (QED) is 0.622.